The third-order valence-electron chi connectivity index (χ3n) is 3.57. The highest BCUT2D eigenvalue weighted by Crippen LogP contribution is 2.28. The second-order valence-corrected chi connectivity index (χ2v) is 6.42. The largest absolute Gasteiger partial charge is 0.381 e. The molecule has 2 rings (SSSR count). The van der Waals surface area contributed by atoms with E-state index in [1.54, 1.807) is 11.3 Å². The van der Waals surface area contributed by atoms with E-state index in [4.69, 9.17) is 4.74 Å². The zero-order valence-corrected chi connectivity index (χ0v) is 13.5. The van der Waals surface area contributed by atoms with E-state index in [9.17, 15) is 0 Å². The van der Waals surface area contributed by atoms with Crippen molar-refractivity contribution in [2.75, 3.05) is 37.7 Å². The Balaban J connectivity index is 1.54. The van der Waals surface area contributed by atoms with Crippen molar-refractivity contribution < 1.29 is 4.74 Å². The van der Waals surface area contributed by atoms with Crippen molar-refractivity contribution in [2.24, 2.45) is 5.92 Å². The molecular formula is C15H27N3OS. The maximum Gasteiger partial charge on any atom is 0.185 e. The third kappa shape index (κ3) is 5.38. The molecule has 0 amide bonds. The lowest BCUT2D eigenvalue weighted by molar-refractivity contribution is 0.122. The van der Waals surface area contributed by atoms with Gasteiger partial charge >= 0.3 is 0 Å². The average molecular weight is 297 g/mol. The van der Waals surface area contributed by atoms with Crippen LogP contribution in [0.4, 0.5) is 5.13 Å². The average Bonchev–Trinajstić information content (AvgIpc) is 3.17. The first-order valence-electron chi connectivity index (χ1n) is 7.81. The van der Waals surface area contributed by atoms with Crippen LogP contribution >= 0.6 is 11.3 Å². The van der Waals surface area contributed by atoms with Gasteiger partial charge in [0.25, 0.3) is 0 Å². The normalized spacial score (nSPS) is 14.7. The summed E-state index contributed by atoms with van der Waals surface area (Å²) in [5.41, 5.74) is 0. The van der Waals surface area contributed by atoms with E-state index in [0.29, 0.717) is 0 Å². The summed E-state index contributed by atoms with van der Waals surface area (Å²) in [6.07, 6.45) is 5.83. The van der Waals surface area contributed by atoms with Crippen LogP contribution in [0.3, 0.4) is 0 Å². The number of nitrogens with one attached hydrogen (secondary N) is 1. The van der Waals surface area contributed by atoms with E-state index in [2.05, 4.69) is 29.0 Å². The molecule has 20 heavy (non-hydrogen) atoms. The minimum atomic E-state index is 0.874. The Hall–Kier alpha value is -0.650. The molecule has 5 heteroatoms. The Morgan fingerprint density at radius 2 is 2.20 bits per heavy atom. The lowest BCUT2D eigenvalue weighted by atomic mass is 10.4. The van der Waals surface area contributed by atoms with Crippen LogP contribution in [0.2, 0.25) is 0 Å². The molecular weight excluding hydrogens is 270 g/mol. The summed E-state index contributed by atoms with van der Waals surface area (Å²) in [5.74, 6) is 0.874. The predicted octanol–water partition coefficient (Wildman–Crippen LogP) is 2.90. The molecule has 0 spiro atoms. The highest BCUT2D eigenvalue weighted by atomic mass is 32.1. The molecule has 1 aromatic rings. The number of anilines is 1. The molecule has 1 aliphatic rings. The van der Waals surface area contributed by atoms with E-state index in [1.807, 2.05) is 6.20 Å². The quantitative estimate of drug-likeness (QED) is 0.637. The summed E-state index contributed by atoms with van der Waals surface area (Å²) >= 11 is 1.79. The van der Waals surface area contributed by atoms with Gasteiger partial charge in [-0.1, -0.05) is 0 Å². The van der Waals surface area contributed by atoms with Crippen LogP contribution in [-0.4, -0.2) is 37.8 Å². The van der Waals surface area contributed by atoms with Gasteiger partial charge in [0.15, 0.2) is 5.13 Å². The zero-order chi connectivity index (χ0) is 14.2. The molecule has 0 saturated heterocycles. The third-order valence-corrected chi connectivity index (χ3v) is 4.63. The molecule has 1 saturated carbocycles. The first kappa shape index (κ1) is 15.7. The van der Waals surface area contributed by atoms with Gasteiger partial charge < -0.3 is 15.0 Å². The molecule has 1 aromatic heterocycles. The Morgan fingerprint density at radius 1 is 1.40 bits per heavy atom. The monoisotopic (exact) mass is 297 g/mol. The van der Waals surface area contributed by atoms with Crippen molar-refractivity contribution in [1.82, 2.24) is 10.3 Å². The maximum absolute atomic E-state index is 5.62. The Morgan fingerprint density at radius 3 is 2.90 bits per heavy atom. The van der Waals surface area contributed by atoms with Crippen LogP contribution in [0.5, 0.6) is 0 Å². The number of ether oxygens (including phenoxy) is 1. The van der Waals surface area contributed by atoms with Crippen molar-refractivity contribution in [1.29, 1.82) is 0 Å². The molecule has 0 radical (unpaired) electrons. The van der Waals surface area contributed by atoms with Gasteiger partial charge in [-0.05, 0) is 45.6 Å². The number of nitrogens with zero attached hydrogens (tertiary/aromatic N) is 2. The zero-order valence-electron chi connectivity index (χ0n) is 12.7. The molecule has 1 aliphatic carbocycles. The van der Waals surface area contributed by atoms with Crippen LogP contribution in [-0.2, 0) is 11.3 Å². The first-order chi connectivity index (χ1) is 9.83. The summed E-state index contributed by atoms with van der Waals surface area (Å²) in [6.45, 7) is 10.2. The topological polar surface area (TPSA) is 37.4 Å². The number of hydrogen-bond donors (Lipinski definition) is 1. The molecule has 0 atom stereocenters. The van der Waals surface area contributed by atoms with Gasteiger partial charge in [0.05, 0.1) is 0 Å². The molecule has 0 unspecified atom stereocenters. The molecule has 0 aromatic carbocycles. The van der Waals surface area contributed by atoms with Crippen molar-refractivity contribution in [2.45, 2.75) is 39.7 Å². The smallest absolute Gasteiger partial charge is 0.185 e. The van der Waals surface area contributed by atoms with E-state index in [0.717, 1.165) is 56.9 Å². The molecule has 1 N–H and O–H groups in total. The van der Waals surface area contributed by atoms with Crippen LogP contribution in [0, 0.1) is 5.92 Å². The van der Waals surface area contributed by atoms with Gasteiger partial charge in [0.1, 0.15) is 0 Å². The summed E-state index contributed by atoms with van der Waals surface area (Å²) in [6, 6.07) is 0. The number of rotatable bonds is 11. The molecule has 114 valence electrons. The minimum Gasteiger partial charge on any atom is -0.381 e. The fourth-order valence-electron chi connectivity index (χ4n) is 2.06. The highest BCUT2D eigenvalue weighted by molar-refractivity contribution is 7.15. The van der Waals surface area contributed by atoms with Crippen LogP contribution in [0.25, 0.3) is 0 Å². The molecule has 1 heterocycles. The van der Waals surface area contributed by atoms with Crippen molar-refractivity contribution in [3.8, 4) is 0 Å². The lowest BCUT2D eigenvalue weighted by Crippen LogP contribution is -2.21. The number of hydrogen-bond acceptors (Lipinski definition) is 5. The van der Waals surface area contributed by atoms with Crippen molar-refractivity contribution >= 4 is 16.5 Å². The van der Waals surface area contributed by atoms with Crippen LogP contribution in [0.1, 0.15) is 38.0 Å². The number of aromatic nitrogens is 1. The van der Waals surface area contributed by atoms with Gasteiger partial charge in [-0.3, -0.25) is 0 Å². The van der Waals surface area contributed by atoms with Gasteiger partial charge in [0, 0.05) is 43.9 Å². The molecule has 1 fully saturated rings. The molecule has 0 aliphatic heterocycles. The SMILES string of the molecule is CCN(CC)c1ncc(CNCCCOCC2CC2)s1. The van der Waals surface area contributed by atoms with E-state index in [1.165, 1.54) is 17.7 Å². The first-order valence-corrected chi connectivity index (χ1v) is 8.63. The second kappa shape index (κ2) is 8.60. The fraction of sp³-hybridized carbons (Fsp3) is 0.800. The summed E-state index contributed by atoms with van der Waals surface area (Å²) in [5, 5.41) is 4.60. The highest BCUT2D eigenvalue weighted by Gasteiger charge is 2.20. The Labute approximate surface area is 126 Å². The van der Waals surface area contributed by atoms with E-state index in [-0.39, 0.29) is 0 Å². The Kier molecular flexibility index (Phi) is 6.76. The summed E-state index contributed by atoms with van der Waals surface area (Å²) in [4.78, 5) is 8.10. The maximum atomic E-state index is 5.62. The molecule has 4 nitrogen and oxygen atoms in total. The number of thiazole rings is 1. The standard InChI is InChI=1S/C15H27N3OS/c1-3-18(4-2)15-17-11-14(20-15)10-16-8-5-9-19-12-13-6-7-13/h11,13,16H,3-10,12H2,1-2H3. The minimum absolute atomic E-state index is 0.874. The van der Waals surface area contributed by atoms with Gasteiger partial charge in [0.2, 0.25) is 0 Å². The van der Waals surface area contributed by atoms with Crippen molar-refractivity contribution in [3.63, 3.8) is 0 Å². The van der Waals surface area contributed by atoms with Gasteiger partial charge in [-0.25, -0.2) is 4.98 Å². The molecule has 0 bridgehead atoms. The van der Waals surface area contributed by atoms with E-state index >= 15 is 0 Å². The van der Waals surface area contributed by atoms with Crippen LogP contribution in [0.15, 0.2) is 6.20 Å². The Bertz CT molecular complexity index is 375. The van der Waals surface area contributed by atoms with Crippen molar-refractivity contribution in [3.05, 3.63) is 11.1 Å². The summed E-state index contributed by atoms with van der Waals surface area (Å²) < 4.78 is 5.62. The lowest BCUT2D eigenvalue weighted by Gasteiger charge is -2.16. The predicted molar refractivity (Wildman–Crippen MR) is 85.5 cm³/mol. The second-order valence-electron chi connectivity index (χ2n) is 5.33. The van der Waals surface area contributed by atoms with E-state index < -0.39 is 0 Å². The van der Waals surface area contributed by atoms with Gasteiger partial charge in [-0.2, -0.15) is 0 Å². The van der Waals surface area contributed by atoms with Crippen LogP contribution < -0.4 is 10.2 Å². The van der Waals surface area contributed by atoms with Gasteiger partial charge in [-0.15, -0.1) is 11.3 Å². The summed E-state index contributed by atoms with van der Waals surface area (Å²) in [7, 11) is 0. The fourth-order valence-corrected chi connectivity index (χ4v) is 3.07.